The predicted molar refractivity (Wildman–Crippen MR) is 189 cm³/mol. The van der Waals surface area contributed by atoms with Crippen molar-refractivity contribution in [3.8, 4) is 39.9 Å². The number of nitrogens with one attached hydrogen (secondary N) is 1. The molecule has 47 heavy (non-hydrogen) atoms. The van der Waals surface area contributed by atoms with E-state index in [4.69, 9.17) is 19.9 Å². The Labute approximate surface area is 268 Å². The first-order chi connectivity index (χ1) is 23.3. The molecule has 0 unspecified atom stereocenters. The lowest BCUT2D eigenvalue weighted by Crippen LogP contribution is -2.01. The van der Waals surface area contributed by atoms with Gasteiger partial charge in [-0.3, -0.25) is 4.40 Å². The van der Waals surface area contributed by atoms with E-state index in [1.165, 1.54) is 10.8 Å². The van der Waals surface area contributed by atoms with Crippen LogP contribution in [0.15, 0.2) is 146 Å². The molecule has 4 aromatic heterocycles. The van der Waals surface area contributed by atoms with E-state index in [0.717, 1.165) is 61.3 Å². The van der Waals surface area contributed by atoms with E-state index in [0.29, 0.717) is 17.5 Å². The maximum Gasteiger partial charge on any atom is 0.213 e. The minimum absolute atomic E-state index is 0.620. The lowest BCUT2D eigenvalue weighted by Gasteiger charge is -2.12. The lowest BCUT2D eigenvalue weighted by molar-refractivity contribution is 1.07. The molecule has 0 saturated heterocycles. The molecule has 0 saturated carbocycles. The number of imidazole rings is 2. The van der Waals surface area contributed by atoms with Crippen molar-refractivity contribution >= 4 is 49.7 Å². The van der Waals surface area contributed by atoms with Gasteiger partial charge in [-0.05, 0) is 42.5 Å². The standard InChI is InChI=1S/C40H25N7/c1-3-12-25(13-4-1)37-43-38(26-14-5-2-6-15-26)45-39(44-37)27-16-11-17-28(24-27)46-33-20-9-7-18-29(33)30-22-23-32-36(35(30)46)47-34-21-10-8-19-31(34)41-40(47)42-32/h1-24H,(H,41,42). The molecule has 7 heteroatoms. The van der Waals surface area contributed by atoms with Crippen molar-refractivity contribution in [1.82, 2.24) is 33.9 Å². The van der Waals surface area contributed by atoms with Crippen molar-refractivity contribution in [3.05, 3.63) is 146 Å². The summed E-state index contributed by atoms with van der Waals surface area (Å²) in [4.78, 5) is 23.4. The lowest BCUT2D eigenvalue weighted by atomic mass is 10.1. The zero-order valence-electron chi connectivity index (χ0n) is 25.0. The van der Waals surface area contributed by atoms with Crippen molar-refractivity contribution in [2.75, 3.05) is 0 Å². The molecule has 0 aliphatic rings. The number of nitrogens with zero attached hydrogens (tertiary/aromatic N) is 6. The molecule has 6 aromatic carbocycles. The van der Waals surface area contributed by atoms with Gasteiger partial charge in [0, 0.05) is 33.2 Å². The molecule has 4 heterocycles. The number of fused-ring (bicyclic) bond motifs is 9. The molecule has 0 spiro atoms. The molecule has 0 radical (unpaired) electrons. The summed E-state index contributed by atoms with van der Waals surface area (Å²) in [7, 11) is 0. The van der Waals surface area contributed by atoms with Gasteiger partial charge in [0.15, 0.2) is 17.5 Å². The van der Waals surface area contributed by atoms with Crippen LogP contribution in [-0.2, 0) is 0 Å². The fourth-order valence-electron chi connectivity index (χ4n) is 6.81. The molecule has 220 valence electrons. The van der Waals surface area contributed by atoms with E-state index in [-0.39, 0.29) is 0 Å². The van der Waals surface area contributed by atoms with Gasteiger partial charge in [0.05, 0.1) is 33.1 Å². The zero-order valence-corrected chi connectivity index (χ0v) is 25.0. The van der Waals surface area contributed by atoms with E-state index >= 15 is 0 Å². The van der Waals surface area contributed by atoms with Crippen LogP contribution in [0.25, 0.3) is 89.5 Å². The number of H-pyrrole nitrogens is 1. The maximum atomic E-state index is 5.01. The zero-order chi connectivity index (χ0) is 30.9. The highest BCUT2D eigenvalue weighted by molar-refractivity contribution is 6.18. The second kappa shape index (κ2) is 9.95. The molecular formula is C40H25N7. The van der Waals surface area contributed by atoms with Gasteiger partial charge in [-0.25, -0.2) is 19.9 Å². The minimum atomic E-state index is 0.620. The van der Waals surface area contributed by atoms with Crippen LogP contribution in [0.2, 0.25) is 0 Å². The van der Waals surface area contributed by atoms with Crippen molar-refractivity contribution in [1.29, 1.82) is 0 Å². The van der Waals surface area contributed by atoms with Gasteiger partial charge < -0.3 is 9.55 Å². The number of aromatic nitrogens is 7. The van der Waals surface area contributed by atoms with Crippen LogP contribution in [0, 0.1) is 0 Å². The monoisotopic (exact) mass is 603 g/mol. The molecule has 0 fully saturated rings. The Kier molecular flexibility index (Phi) is 5.44. The third-order valence-corrected chi connectivity index (χ3v) is 8.90. The quantitative estimate of drug-likeness (QED) is 0.218. The largest absolute Gasteiger partial charge is 0.323 e. The number of aromatic amines is 1. The van der Waals surface area contributed by atoms with Crippen molar-refractivity contribution in [2.24, 2.45) is 0 Å². The summed E-state index contributed by atoms with van der Waals surface area (Å²) in [6.07, 6.45) is 0. The van der Waals surface area contributed by atoms with Crippen LogP contribution in [0.4, 0.5) is 0 Å². The summed E-state index contributed by atoms with van der Waals surface area (Å²) < 4.78 is 4.60. The predicted octanol–water partition coefficient (Wildman–Crippen LogP) is 9.25. The Morgan fingerprint density at radius 1 is 0.447 bits per heavy atom. The fourth-order valence-corrected chi connectivity index (χ4v) is 6.81. The number of hydrogen-bond donors (Lipinski definition) is 1. The van der Waals surface area contributed by atoms with Crippen molar-refractivity contribution in [2.45, 2.75) is 0 Å². The Bertz CT molecular complexity index is 2730. The molecule has 0 atom stereocenters. The summed E-state index contributed by atoms with van der Waals surface area (Å²) in [5.41, 5.74) is 10.2. The van der Waals surface area contributed by atoms with E-state index in [9.17, 15) is 0 Å². The second-order valence-electron chi connectivity index (χ2n) is 11.7. The molecule has 1 N–H and O–H groups in total. The highest BCUT2D eigenvalue weighted by atomic mass is 15.1. The average molecular weight is 604 g/mol. The number of benzene rings is 6. The SMILES string of the molecule is c1ccc(-c2nc(-c3ccccc3)nc(-c3cccc(-n4c5ccccc5c5ccc6[nH]c7nc8ccccc8n7c6c54)c3)n2)cc1. The van der Waals surface area contributed by atoms with Gasteiger partial charge in [-0.15, -0.1) is 0 Å². The topological polar surface area (TPSA) is 76.7 Å². The first kappa shape index (κ1) is 25.7. The smallest absolute Gasteiger partial charge is 0.213 e. The van der Waals surface area contributed by atoms with Crippen LogP contribution < -0.4 is 0 Å². The molecule has 0 bridgehead atoms. The summed E-state index contributed by atoms with van der Waals surface area (Å²) in [5, 5.41) is 2.36. The van der Waals surface area contributed by atoms with Crippen LogP contribution in [0.5, 0.6) is 0 Å². The fraction of sp³-hybridized carbons (Fsp3) is 0. The number of rotatable bonds is 4. The van der Waals surface area contributed by atoms with Gasteiger partial charge in [0.1, 0.15) is 0 Å². The summed E-state index contributed by atoms with van der Waals surface area (Å²) in [6.45, 7) is 0. The van der Waals surface area contributed by atoms with E-state index in [2.05, 4.69) is 92.8 Å². The van der Waals surface area contributed by atoms with Gasteiger partial charge >= 0.3 is 0 Å². The Morgan fingerprint density at radius 2 is 1.06 bits per heavy atom. The summed E-state index contributed by atoms with van der Waals surface area (Å²) >= 11 is 0. The number of hydrogen-bond acceptors (Lipinski definition) is 4. The summed E-state index contributed by atoms with van der Waals surface area (Å²) in [6, 6.07) is 49.9. The third kappa shape index (κ3) is 3.93. The van der Waals surface area contributed by atoms with Gasteiger partial charge in [0.25, 0.3) is 0 Å². The van der Waals surface area contributed by atoms with E-state index in [1.54, 1.807) is 0 Å². The Morgan fingerprint density at radius 3 is 1.81 bits per heavy atom. The first-order valence-electron chi connectivity index (χ1n) is 15.6. The highest BCUT2D eigenvalue weighted by Crippen LogP contribution is 2.38. The van der Waals surface area contributed by atoms with Crippen LogP contribution >= 0.6 is 0 Å². The molecular weight excluding hydrogens is 578 g/mol. The molecule has 0 amide bonds. The van der Waals surface area contributed by atoms with Crippen molar-refractivity contribution < 1.29 is 0 Å². The first-order valence-corrected chi connectivity index (χ1v) is 15.6. The average Bonchev–Trinajstić information content (AvgIpc) is 3.80. The van der Waals surface area contributed by atoms with Crippen LogP contribution in [-0.4, -0.2) is 33.9 Å². The summed E-state index contributed by atoms with van der Waals surface area (Å²) in [5.74, 6) is 2.72. The van der Waals surface area contributed by atoms with Crippen molar-refractivity contribution in [3.63, 3.8) is 0 Å². The molecule has 7 nitrogen and oxygen atoms in total. The Balaban J connectivity index is 1.25. The maximum absolute atomic E-state index is 5.01. The normalized spacial score (nSPS) is 11.8. The van der Waals surface area contributed by atoms with Gasteiger partial charge in [-0.1, -0.05) is 103 Å². The molecule has 0 aliphatic carbocycles. The van der Waals surface area contributed by atoms with Crippen LogP contribution in [0.1, 0.15) is 0 Å². The van der Waals surface area contributed by atoms with E-state index in [1.807, 2.05) is 66.7 Å². The number of para-hydroxylation sites is 3. The molecule has 0 aliphatic heterocycles. The Hall–Kier alpha value is -6.60. The highest BCUT2D eigenvalue weighted by Gasteiger charge is 2.20. The van der Waals surface area contributed by atoms with Crippen LogP contribution in [0.3, 0.4) is 0 Å². The second-order valence-corrected chi connectivity index (χ2v) is 11.7. The van der Waals surface area contributed by atoms with Gasteiger partial charge in [0.2, 0.25) is 5.78 Å². The van der Waals surface area contributed by atoms with E-state index < -0.39 is 0 Å². The molecule has 10 rings (SSSR count). The van der Waals surface area contributed by atoms with Gasteiger partial charge in [-0.2, -0.15) is 0 Å². The third-order valence-electron chi connectivity index (χ3n) is 8.90. The minimum Gasteiger partial charge on any atom is -0.323 e. The molecule has 10 aromatic rings.